The molecule has 172 valence electrons. The number of benzene rings is 3. The lowest BCUT2D eigenvalue weighted by atomic mass is 10.1. The zero-order chi connectivity index (χ0) is 23.6. The smallest absolute Gasteiger partial charge is 0.224 e. The van der Waals surface area contributed by atoms with Gasteiger partial charge in [0.15, 0.2) is 0 Å². The van der Waals surface area contributed by atoms with Crippen molar-refractivity contribution in [3.8, 4) is 17.0 Å². The number of carbonyl (C=O) groups excluding carboxylic acids is 1. The van der Waals surface area contributed by atoms with Gasteiger partial charge < -0.3 is 15.4 Å². The third-order valence-corrected chi connectivity index (χ3v) is 5.33. The lowest BCUT2D eigenvalue weighted by Crippen LogP contribution is -2.12. The SMILES string of the molecule is CCc1ccc(OCCCC(=O)Nc2ccc(Nc3cc(-c4ccccc4)ncn3)cc2)cc1. The van der Waals surface area contributed by atoms with Crippen LogP contribution in [0.3, 0.4) is 0 Å². The van der Waals surface area contributed by atoms with Gasteiger partial charge in [-0.1, -0.05) is 49.4 Å². The van der Waals surface area contributed by atoms with Gasteiger partial charge in [-0.15, -0.1) is 0 Å². The molecule has 0 aliphatic carbocycles. The Morgan fingerprint density at radius 3 is 2.35 bits per heavy atom. The lowest BCUT2D eigenvalue weighted by Gasteiger charge is -2.10. The molecule has 6 nitrogen and oxygen atoms in total. The van der Waals surface area contributed by atoms with Gasteiger partial charge in [-0.25, -0.2) is 9.97 Å². The van der Waals surface area contributed by atoms with Crippen LogP contribution in [0.4, 0.5) is 17.2 Å². The standard InChI is InChI=1S/C28H28N4O2/c1-2-21-10-16-25(17-11-21)34-18-6-9-28(33)32-24-14-12-23(13-15-24)31-27-19-26(29-20-30-27)22-7-4-3-5-8-22/h3-5,7-8,10-17,19-20H,2,6,9,18H2,1H3,(H,32,33)(H,29,30,31). The van der Waals surface area contributed by atoms with E-state index in [1.807, 2.05) is 72.8 Å². The second kappa shape index (κ2) is 11.6. The molecule has 1 amide bonds. The van der Waals surface area contributed by atoms with Crippen LogP contribution < -0.4 is 15.4 Å². The number of hydrogen-bond donors (Lipinski definition) is 2. The van der Waals surface area contributed by atoms with Gasteiger partial charge in [-0.3, -0.25) is 4.79 Å². The maximum Gasteiger partial charge on any atom is 0.224 e. The first-order valence-electron chi connectivity index (χ1n) is 11.5. The van der Waals surface area contributed by atoms with Crippen molar-refractivity contribution in [3.63, 3.8) is 0 Å². The number of amides is 1. The molecule has 0 aliphatic heterocycles. The molecule has 0 saturated carbocycles. The normalized spacial score (nSPS) is 10.5. The number of carbonyl (C=O) groups is 1. The highest BCUT2D eigenvalue weighted by molar-refractivity contribution is 5.90. The average molecular weight is 453 g/mol. The monoisotopic (exact) mass is 452 g/mol. The Bertz CT molecular complexity index is 1190. The van der Waals surface area contributed by atoms with Crippen LogP contribution in [0.25, 0.3) is 11.3 Å². The molecule has 6 heteroatoms. The van der Waals surface area contributed by atoms with E-state index >= 15 is 0 Å². The van der Waals surface area contributed by atoms with E-state index in [2.05, 4.69) is 39.7 Å². The molecule has 34 heavy (non-hydrogen) atoms. The van der Waals surface area contributed by atoms with E-state index in [9.17, 15) is 4.79 Å². The molecule has 0 saturated heterocycles. The van der Waals surface area contributed by atoms with E-state index < -0.39 is 0 Å². The molecule has 4 aromatic rings. The molecule has 0 spiro atoms. The number of aromatic nitrogens is 2. The fraction of sp³-hybridized carbons (Fsp3) is 0.179. The molecule has 0 unspecified atom stereocenters. The van der Waals surface area contributed by atoms with Crippen molar-refractivity contribution in [2.24, 2.45) is 0 Å². The van der Waals surface area contributed by atoms with Crippen LogP contribution in [0, 0.1) is 0 Å². The Morgan fingerprint density at radius 1 is 0.882 bits per heavy atom. The summed E-state index contributed by atoms with van der Waals surface area (Å²) in [7, 11) is 0. The minimum absolute atomic E-state index is 0.0334. The summed E-state index contributed by atoms with van der Waals surface area (Å²) in [4.78, 5) is 20.9. The van der Waals surface area contributed by atoms with Crippen LogP contribution in [0.2, 0.25) is 0 Å². The third kappa shape index (κ3) is 6.65. The zero-order valence-electron chi connectivity index (χ0n) is 19.2. The highest BCUT2D eigenvalue weighted by Crippen LogP contribution is 2.22. The molecule has 3 aromatic carbocycles. The summed E-state index contributed by atoms with van der Waals surface area (Å²) in [5, 5.41) is 6.21. The molecule has 1 heterocycles. The zero-order valence-corrected chi connectivity index (χ0v) is 19.2. The molecule has 2 N–H and O–H groups in total. The summed E-state index contributed by atoms with van der Waals surface area (Å²) in [5.74, 6) is 1.50. The molecule has 0 aliphatic rings. The fourth-order valence-electron chi connectivity index (χ4n) is 3.44. The summed E-state index contributed by atoms with van der Waals surface area (Å²) in [6, 6.07) is 27.5. The van der Waals surface area contributed by atoms with Crippen molar-refractivity contribution in [2.75, 3.05) is 17.2 Å². The van der Waals surface area contributed by atoms with E-state index in [1.165, 1.54) is 5.56 Å². The minimum Gasteiger partial charge on any atom is -0.494 e. The van der Waals surface area contributed by atoms with Gasteiger partial charge in [0, 0.05) is 29.4 Å². The van der Waals surface area contributed by atoms with Crippen molar-refractivity contribution in [2.45, 2.75) is 26.2 Å². The largest absolute Gasteiger partial charge is 0.494 e. The van der Waals surface area contributed by atoms with Crippen LogP contribution in [-0.2, 0) is 11.2 Å². The first-order chi connectivity index (χ1) is 16.7. The predicted molar refractivity (Wildman–Crippen MR) is 136 cm³/mol. The number of rotatable bonds is 10. The van der Waals surface area contributed by atoms with E-state index in [0.29, 0.717) is 25.3 Å². The van der Waals surface area contributed by atoms with Crippen molar-refractivity contribution in [3.05, 3.63) is 96.8 Å². The highest BCUT2D eigenvalue weighted by atomic mass is 16.5. The van der Waals surface area contributed by atoms with E-state index in [0.717, 1.165) is 34.8 Å². The topological polar surface area (TPSA) is 76.1 Å². The summed E-state index contributed by atoms with van der Waals surface area (Å²) in [5.41, 5.74) is 4.79. The first-order valence-corrected chi connectivity index (χ1v) is 11.5. The van der Waals surface area contributed by atoms with Gasteiger partial charge in [0.1, 0.15) is 17.9 Å². The van der Waals surface area contributed by atoms with Gasteiger partial charge in [-0.2, -0.15) is 0 Å². The Balaban J connectivity index is 1.23. The number of nitrogens with zero attached hydrogens (tertiary/aromatic N) is 2. The van der Waals surface area contributed by atoms with Crippen molar-refractivity contribution < 1.29 is 9.53 Å². The fourth-order valence-corrected chi connectivity index (χ4v) is 3.44. The average Bonchev–Trinajstić information content (AvgIpc) is 2.89. The van der Waals surface area contributed by atoms with E-state index in [4.69, 9.17) is 4.74 Å². The highest BCUT2D eigenvalue weighted by Gasteiger charge is 2.05. The van der Waals surface area contributed by atoms with Crippen molar-refractivity contribution in [1.29, 1.82) is 0 Å². The molecule has 4 rings (SSSR count). The molecular weight excluding hydrogens is 424 g/mol. The summed E-state index contributed by atoms with van der Waals surface area (Å²) < 4.78 is 5.72. The molecule has 1 aromatic heterocycles. The Morgan fingerprint density at radius 2 is 1.62 bits per heavy atom. The van der Waals surface area contributed by atoms with Crippen molar-refractivity contribution >= 4 is 23.1 Å². The number of ether oxygens (including phenoxy) is 1. The van der Waals surface area contributed by atoms with Gasteiger partial charge in [-0.05, 0) is 54.8 Å². The van der Waals surface area contributed by atoms with Gasteiger partial charge in [0.25, 0.3) is 0 Å². The molecule has 0 fully saturated rings. The maximum atomic E-state index is 12.3. The molecule has 0 radical (unpaired) electrons. The van der Waals surface area contributed by atoms with Crippen LogP contribution in [0.1, 0.15) is 25.3 Å². The summed E-state index contributed by atoms with van der Waals surface area (Å²) >= 11 is 0. The molecule has 0 atom stereocenters. The van der Waals surface area contributed by atoms with Crippen LogP contribution in [-0.4, -0.2) is 22.5 Å². The van der Waals surface area contributed by atoms with Crippen molar-refractivity contribution in [1.82, 2.24) is 9.97 Å². The van der Waals surface area contributed by atoms with Gasteiger partial charge in [0.2, 0.25) is 5.91 Å². The van der Waals surface area contributed by atoms with Crippen LogP contribution in [0.15, 0.2) is 91.3 Å². The molecule has 0 bridgehead atoms. The molecular formula is C28H28N4O2. The Kier molecular flexibility index (Phi) is 7.85. The van der Waals surface area contributed by atoms with Gasteiger partial charge in [0.05, 0.1) is 12.3 Å². The Hall–Kier alpha value is -4.19. The summed E-state index contributed by atoms with van der Waals surface area (Å²) in [6.07, 6.45) is 3.60. The number of nitrogens with one attached hydrogen (secondary N) is 2. The second-order valence-corrected chi connectivity index (χ2v) is 7.85. The number of anilines is 3. The number of hydrogen-bond acceptors (Lipinski definition) is 5. The summed E-state index contributed by atoms with van der Waals surface area (Å²) in [6.45, 7) is 2.63. The lowest BCUT2D eigenvalue weighted by molar-refractivity contribution is -0.116. The first kappa shape index (κ1) is 23.0. The quantitative estimate of drug-likeness (QED) is 0.278. The number of aryl methyl sites for hydroxylation is 1. The maximum absolute atomic E-state index is 12.3. The Labute approximate surface area is 200 Å². The second-order valence-electron chi connectivity index (χ2n) is 7.85. The van der Waals surface area contributed by atoms with Crippen LogP contribution >= 0.6 is 0 Å². The van der Waals surface area contributed by atoms with E-state index in [-0.39, 0.29) is 5.91 Å². The minimum atomic E-state index is -0.0334. The van der Waals surface area contributed by atoms with E-state index in [1.54, 1.807) is 6.33 Å². The predicted octanol–water partition coefficient (Wildman–Crippen LogP) is 6.25. The van der Waals surface area contributed by atoms with Crippen LogP contribution in [0.5, 0.6) is 5.75 Å². The third-order valence-electron chi connectivity index (χ3n) is 5.33. The van der Waals surface area contributed by atoms with Gasteiger partial charge >= 0.3 is 0 Å².